The quantitative estimate of drug-likeness (QED) is 0.104. The maximum absolute atomic E-state index is 10.9. The molecule has 2 fully saturated rings. The highest BCUT2D eigenvalue weighted by molar-refractivity contribution is 5.88. The van der Waals surface area contributed by atoms with Gasteiger partial charge in [-0.25, -0.2) is 4.42 Å². The van der Waals surface area contributed by atoms with Crippen LogP contribution in [0.1, 0.15) is 0 Å². The van der Waals surface area contributed by atoms with Crippen LogP contribution in [0.5, 0.6) is 28.7 Å². The van der Waals surface area contributed by atoms with Gasteiger partial charge in [-0.2, -0.15) is 0 Å². The second-order valence-corrected chi connectivity index (χ2v) is 10.1. The number of phenols is 4. The van der Waals surface area contributed by atoms with E-state index in [9.17, 15) is 56.2 Å². The van der Waals surface area contributed by atoms with E-state index in [1.54, 1.807) is 0 Å². The molecule has 0 bridgehead atoms. The van der Waals surface area contributed by atoms with E-state index in [1.165, 1.54) is 18.2 Å². The second kappa shape index (κ2) is 12.2. The van der Waals surface area contributed by atoms with Crippen molar-refractivity contribution in [1.29, 1.82) is 0 Å². The van der Waals surface area contributed by atoms with E-state index in [0.717, 1.165) is 18.2 Å². The van der Waals surface area contributed by atoms with E-state index in [4.69, 9.17) is 23.4 Å². The van der Waals surface area contributed by atoms with Gasteiger partial charge in [0.2, 0.25) is 12.0 Å². The molecule has 234 valence electrons. The van der Waals surface area contributed by atoms with Crippen LogP contribution in [0.2, 0.25) is 0 Å². The Bertz CT molecular complexity index is 1450. The number of fused-ring (bicyclic) bond motifs is 1. The summed E-state index contributed by atoms with van der Waals surface area (Å²) in [4.78, 5) is 0. The van der Waals surface area contributed by atoms with Crippen molar-refractivity contribution < 1.29 is 79.5 Å². The molecule has 0 aliphatic carbocycles. The van der Waals surface area contributed by atoms with Gasteiger partial charge in [0.25, 0.3) is 0 Å². The van der Waals surface area contributed by atoms with Gasteiger partial charge >= 0.3 is 11.3 Å². The molecular weight excluding hydrogens is 580 g/mol. The van der Waals surface area contributed by atoms with Crippen LogP contribution in [-0.2, 0) is 14.2 Å². The number of benzene rings is 2. The monoisotopic (exact) mass is 611 g/mol. The fourth-order valence-corrected chi connectivity index (χ4v) is 4.89. The fraction of sp³-hybridized carbons (Fsp3) is 0.444. The highest BCUT2D eigenvalue weighted by atomic mass is 16.8. The van der Waals surface area contributed by atoms with E-state index in [1.807, 2.05) is 0 Å². The van der Waals surface area contributed by atoms with Gasteiger partial charge in [0, 0.05) is 18.2 Å². The maximum atomic E-state index is 10.9. The van der Waals surface area contributed by atoms with E-state index < -0.39 is 91.9 Å². The number of phenolic OH excluding ortho intramolecular Hbond substituents is 4. The first-order valence-corrected chi connectivity index (χ1v) is 13.0. The van der Waals surface area contributed by atoms with Gasteiger partial charge in [-0.3, -0.25) is 0 Å². The largest absolute Gasteiger partial charge is 0.507 e. The number of aliphatic hydroxyl groups excluding tert-OH is 7. The second-order valence-electron chi connectivity index (χ2n) is 10.1. The zero-order valence-electron chi connectivity index (χ0n) is 22.1. The van der Waals surface area contributed by atoms with Crippen LogP contribution in [0.15, 0.2) is 40.8 Å². The van der Waals surface area contributed by atoms with Gasteiger partial charge in [0.15, 0.2) is 23.9 Å². The first-order chi connectivity index (χ1) is 20.4. The third-order valence-corrected chi connectivity index (χ3v) is 7.26. The molecule has 0 amide bonds. The lowest BCUT2D eigenvalue weighted by molar-refractivity contribution is -0.357. The van der Waals surface area contributed by atoms with Crippen LogP contribution >= 0.6 is 0 Å². The number of hydrogen-bond acceptors (Lipinski definition) is 15. The molecule has 16 heteroatoms. The van der Waals surface area contributed by atoms with Crippen molar-refractivity contribution in [3.05, 3.63) is 36.4 Å². The topological polar surface area (TPSA) is 271 Å². The number of ether oxygens (including phenoxy) is 4. The lowest BCUT2D eigenvalue weighted by Crippen LogP contribution is -2.65. The normalized spacial score (nSPS) is 33.0. The molecule has 2 aliphatic rings. The zero-order chi connectivity index (χ0) is 31.2. The third kappa shape index (κ3) is 5.85. The smallest absolute Gasteiger partial charge is 0.402 e. The molecule has 43 heavy (non-hydrogen) atoms. The van der Waals surface area contributed by atoms with Crippen molar-refractivity contribution in [2.75, 3.05) is 13.2 Å². The number of hydrogen-bond donors (Lipinski definition) is 11. The molecule has 0 unspecified atom stereocenters. The number of aromatic hydroxyl groups is 4. The van der Waals surface area contributed by atoms with Gasteiger partial charge in [-0.05, 0) is 12.1 Å². The summed E-state index contributed by atoms with van der Waals surface area (Å²) < 4.78 is 28.6. The zero-order valence-corrected chi connectivity index (χ0v) is 22.1. The average Bonchev–Trinajstić information content (AvgIpc) is 2.98. The van der Waals surface area contributed by atoms with Crippen LogP contribution < -0.4 is 4.74 Å². The van der Waals surface area contributed by atoms with E-state index in [0.29, 0.717) is 0 Å². The van der Waals surface area contributed by atoms with Crippen LogP contribution in [0.25, 0.3) is 22.3 Å². The molecule has 11 N–H and O–H groups in total. The minimum Gasteiger partial charge on any atom is -0.507 e. The Hall–Kier alpha value is -3.55. The van der Waals surface area contributed by atoms with Crippen molar-refractivity contribution >= 4 is 11.0 Å². The Labute approximate surface area is 242 Å². The summed E-state index contributed by atoms with van der Waals surface area (Å²) in [5.74, 6) is -2.13. The van der Waals surface area contributed by atoms with Crippen molar-refractivity contribution in [2.24, 2.45) is 0 Å². The first-order valence-electron chi connectivity index (χ1n) is 13.0. The Morgan fingerprint density at radius 3 is 1.98 bits per heavy atom. The third-order valence-electron chi connectivity index (χ3n) is 7.26. The maximum Gasteiger partial charge on any atom is 0.402 e. The summed E-state index contributed by atoms with van der Waals surface area (Å²) in [6, 6.07) is 7.08. The van der Waals surface area contributed by atoms with Crippen molar-refractivity contribution in [1.82, 2.24) is 0 Å². The Morgan fingerprint density at radius 1 is 0.674 bits per heavy atom. The SMILES string of the molecule is OC[C@@H]1O[C@@H](Oc2cc3c(O)cc(O)cc3[o+]c2-c2ccc(O)c(O)c2)[C@H](O[C@@H]2O[C@H](CO)[C@@H](O)[C@H](O)[C@H]2O)[C@@H](O)[C@@H]1O. The van der Waals surface area contributed by atoms with E-state index in [-0.39, 0.29) is 33.8 Å². The predicted octanol–water partition coefficient (Wildman–Crippen LogP) is -1.79. The molecule has 0 radical (unpaired) electrons. The molecule has 2 saturated heterocycles. The molecule has 3 heterocycles. The van der Waals surface area contributed by atoms with Crippen LogP contribution in [0.3, 0.4) is 0 Å². The van der Waals surface area contributed by atoms with Gasteiger partial charge in [0.1, 0.15) is 59.6 Å². The van der Waals surface area contributed by atoms with Crippen LogP contribution in [0.4, 0.5) is 0 Å². The van der Waals surface area contributed by atoms with E-state index in [2.05, 4.69) is 0 Å². The molecule has 16 nitrogen and oxygen atoms in total. The highest BCUT2D eigenvalue weighted by Crippen LogP contribution is 2.42. The molecule has 2 aromatic carbocycles. The Balaban J connectivity index is 1.57. The summed E-state index contributed by atoms with van der Waals surface area (Å²) in [6.45, 7) is -1.56. The summed E-state index contributed by atoms with van der Waals surface area (Å²) in [5.41, 5.74) is 0.0892. The standard InChI is InChI=1S/C27H30O16/c28-7-17-19(34)21(36)23(38)26(41-17)43-25-22(37)20(35)18(8-29)42-27(25)40-16-6-11-13(32)4-10(30)5-15(11)39-24(16)9-1-2-12(31)14(33)3-9/h1-6,17-23,25-29,34-38H,7-8H2,(H3-,30,31,32,33)/p+1/t17-,18+,19-,20-,21+,22+,23-,25-,26+,27-/m1/s1. The summed E-state index contributed by atoms with van der Waals surface area (Å²) in [6.07, 6.45) is -17.1. The lowest BCUT2D eigenvalue weighted by Gasteiger charge is -2.45. The molecule has 1 aromatic heterocycles. The van der Waals surface area contributed by atoms with Gasteiger partial charge in [-0.15, -0.1) is 0 Å². The predicted molar refractivity (Wildman–Crippen MR) is 140 cm³/mol. The summed E-state index contributed by atoms with van der Waals surface area (Å²) in [5, 5.41) is 112. The van der Waals surface area contributed by atoms with Crippen LogP contribution in [-0.4, -0.2) is 131 Å². The molecule has 0 spiro atoms. The van der Waals surface area contributed by atoms with Crippen LogP contribution in [0, 0.1) is 0 Å². The Morgan fingerprint density at radius 2 is 1.33 bits per heavy atom. The molecule has 10 atom stereocenters. The molecule has 0 saturated carbocycles. The van der Waals surface area contributed by atoms with Gasteiger partial charge in [-0.1, -0.05) is 0 Å². The van der Waals surface area contributed by atoms with Crippen molar-refractivity contribution in [3.8, 4) is 40.1 Å². The number of aliphatic hydroxyl groups is 7. The van der Waals surface area contributed by atoms with E-state index >= 15 is 0 Å². The minimum atomic E-state index is -1.89. The molecular formula is C27H31O16+. The molecule has 2 aliphatic heterocycles. The number of rotatable bonds is 7. The van der Waals surface area contributed by atoms with Gasteiger partial charge in [0.05, 0.1) is 24.8 Å². The van der Waals surface area contributed by atoms with Gasteiger partial charge < -0.3 is 75.1 Å². The minimum absolute atomic E-state index is 0.0288. The lowest BCUT2D eigenvalue weighted by atomic mass is 9.97. The summed E-state index contributed by atoms with van der Waals surface area (Å²) in [7, 11) is 0. The first kappa shape index (κ1) is 30.9. The average molecular weight is 612 g/mol. The summed E-state index contributed by atoms with van der Waals surface area (Å²) >= 11 is 0. The highest BCUT2D eigenvalue weighted by Gasteiger charge is 2.51. The van der Waals surface area contributed by atoms with Crippen molar-refractivity contribution in [3.63, 3.8) is 0 Å². The van der Waals surface area contributed by atoms with Crippen molar-refractivity contribution in [2.45, 2.75) is 61.4 Å². The fourth-order valence-electron chi connectivity index (χ4n) is 4.89. The Kier molecular flexibility index (Phi) is 8.77. The molecule has 5 rings (SSSR count). The molecule has 3 aromatic rings.